The summed E-state index contributed by atoms with van der Waals surface area (Å²) in [5, 5.41) is 1.03. The molecule has 2 aliphatic heterocycles. The third-order valence-corrected chi connectivity index (χ3v) is 6.87. The predicted molar refractivity (Wildman–Crippen MR) is 126 cm³/mol. The largest absolute Gasteiger partial charge is 0.419 e. The van der Waals surface area contributed by atoms with Crippen molar-refractivity contribution in [3.63, 3.8) is 0 Å². The van der Waals surface area contributed by atoms with Crippen LogP contribution in [0, 0.1) is 5.92 Å². The molecule has 36 heavy (non-hydrogen) atoms. The van der Waals surface area contributed by atoms with Gasteiger partial charge in [0, 0.05) is 75.5 Å². The molecule has 0 bridgehead atoms. The summed E-state index contributed by atoms with van der Waals surface area (Å²) in [4.78, 5) is 37.8. The number of hydrogen-bond acceptors (Lipinski definition) is 5. The SMILES string of the molecule is NC(=O)c1ccc2ccn(CC3CCN(C(=O)N4CCN(c5ncc(C(F)(F)F)cn5)CC4)C3)c2c1. The molecule has 9 nitrogen and oxygen atoms in total. The van der Waals surface area contributed by atoms with E-state index in [2.05, 4.69) is 14.5 Å². The summed E-state index contributed by atoms with van der Waals surface area (Å²) < 4.78 is 40.3. The minimum absolute atomic E-state index is 0.0288. The van der Waals surface area contributed by atoms with Gasteiger partial charge in [0.1, 0.15) is 0 Å². The molecule has 5 rings (SSSR count). The number of urea groups is 1. The zero-order valence-corrected chi connectivity index (χ0v) is 19.5. The van der Waals surface area contributed by atoms with Gasteiger partial charge in [0.25, 0.3) is 0 Å². The van der Waals surface area contributed by atoms with Crippen LogP contribution < -0.4 is 10.6 Å². The molecular weight excluding hydrogens is 475 g/mol. The number of piperazine rings is 1. The highest BCUT2D eigenvalue weighted by Gasteiger charge is 2.33. The summed E-state index contributed by atoms with van der Waals surface area (Å²) in [6.45, 7) is 3.82. The number of rotatable bonds is 4. The van der Waals surface area contributed by atoms with Crippen LogP contribution in [0.15, 0.2) is 42.9 Å². The number of benzene rings is 1. The van der Waals surface area contributed by atoms with Crippen LogP contribution in [-0.2, 0) is 12.7 Å². The smallest absolute Gasteiger partial charge is 0.366 e. The monoisotopic (exact) mass is 501 g/mol. The summed E-state index contributed by atoms with van der Waals surface area (Å²) in [6.07, 6.45) is -0.0410. The zero-order chi connectivity index (χ0) is 25.4. The Hall–Kier alpha value is -3.83. The molecule has 0 radical (unpaired) electrons. The van der Waals surface area contributed by atoms with E-state index in [4.69, 9.17) is 5.73 Å². The number of carbonyl (C=O) groups is 2. The molecule has 2 aliphatic rings. The minimum Gasteiger partial charge on any atom is -0.366 e. The van der Waals surface area contributed by atoms with Gasteiger partial charge in [-0.1, -0.05) is 6.07 Å². The molecule has 1 atom stereocenters. The Kier molecular flexibility index (Phi) is 6.19. The third kappa shape index (κ3) is 4.79. The fraction of sp³-hybridized carbons (Fsp3) is 0.417. The van der Waals surface area contributed by atoms with E-state index in [1.165, 1.54) is 0 Å². The van der Waals surface area contributed by atoms with E-state index in [-0.39, 0.29) is 17.9 Å². The Morgan fingerprint density at radius 3 is 2.39 bits per heavy atom. The van der Waals surface area contributed by atoms with Gasteiger partial charge in [-0.25, -0.2) is 14.8 Å². The lowest BCUT2D eigenvalue weighted by molar-refractivity contribution is -0.138. The molecule has 190 valence electrons. The highest BCUT2D eigenvalue weighted by Crippen LogP contribution is 2.29. The van der Waals surface area contributed by atoms with Crippen LogP contribution in [-0.4, -0.2) is 75.5 Å². The Balaban J connectivity index is 1.15. The first-order valence-electron chi connectivity index (χ1n) is 11.8. The van der Waals surface area contributed by atoms with E-state index in [0.717, 1.165) is 36.3 Å². The Labute approximate surface area is 205 Å². The molecule has 4 heterocycles. The third-order valence-electron chi connectivity index (χ3n) is 6.87. The van der Waals surface area contributed by atoms with Crippen LogP contribution in [0.4, 0.5) is 23.9 Å². The number of primary amides is 1. The van der Waals surface area contributed by atoms with Gasteiger partial charge in [-0.2, -0.15) is 13.2 Å². The molecule has 2 N–H and O–H groups in total. The molecule has 0 spiro atoms. The highest BCUT2D eigenvalue weighted by molar-refractivity contribution is 5.97. The van der Waals surface area contributed by atoms with Crippen molar-refractivity contribution in [1.29, 1.82) is 0 Å². The fourth-order valence-electron chi connectivity index (χ4n) is 4.86. The van der Waals surface area contributed by atoms with Crippen molar-refractivity contribution < 1.29 is 22.8 Å². The van der Waals surface area contributed by atoms with Crippen molar-refractivity contribution in [1.82, 2.24) is 24.3 Å². The molecule has 3 aromatic rings. The quantitative estimate of drug-likeness (QED) is 0.593. The first-order valence-corrected chi connectivity index (χ1v) is 11.8. The van der Waals surface area contributed by atoms with Gasteiger partial charge in [-0.05, 0) is 35.9 Å². The number of fused-ring (bicyclic) bond motifs is 1. The zero-order valence-electron chi connectivity index (χ0n) is 19.5. The molecule has 2 fully saturated rings. The topological polar surface area (TPSA) is 101 Å². The van der Waals surface area contributed by atoms with Gasteiger partial charge in [-0.15, -0.1) is 0 Å². The van der Waals surface area contributed by atoms with Gasteiger partial charge < -0.3 is 25.0 Å². The molecule has 3 amide bonds. The number of nitrogens with zero attached hydrogens (tertiary/aromatic N) is 6. The van der Waals surface area contributed by atoms with Crippen molar-refractivity contribution in [3.8, 4) is 0 Å². The number of aromatic nitrogens is 3. The summed E-state index contributed by atoms with van der Waals surface area (Å²) in [5.74, 6) is 0.0469. The number of nitrogens with two attached hydrogens (primary N) is 1. The number of amides is 3. The van der Waals surface area contributed by atoms with Crippen molar-refractivity contribution in [2.45, 2.75) is 19.1 Å². The second kappa shape index (κ2) is 9.32. The molecule has 2 saturated heterocycles. The lowest BCUT2D eigenvalue weighted by Gasteiger charge is -2.36. The summed E-state index contributed by atoms with van der Waals surface area (Å²) in [6, 6.07) is 7.37. The Morgan fingerprint density at radius 2 is 1.72 bits per heavy atom. The van der Waals surface area contributed by atoms with E-state index in [1.54, 1.807) is 21.9 Å². The van der Waals surface area contributed by atoms with E-state index in [1.807, 2.05) is 23.2 Å². The number of hydrogen-bond donors (Lipinski definition) is 1. The van der Waals surface area contributed by atoms with E-state index < -0.39 is 17.6 Å². The predicted octanol–water partition coefficient (Wildman–Crippen LogP) is 2.81. The van der Waals surface area contributed by atoms with Crippen LogP contribution in [0.3, 0.4) is 0 Å². The maximum atomic E-state index is 13.1. The molecule has 0 saturated carbocycles. The summed E-state index contributed by atoms with van der Waals surface area (Å²) in [7, 11) is 0. The van der Waals surface area contributed by atoms with Gasteiger partial charge in [0.15, 0.2) is 0 Å². The molecular formula is C24H26F3N7O2. The van der Waals surface area contributed by atoms with Crippen LogP contribution in [0.25, 0.3) is 10.9 Å². The normalized spacial score (nSPS) is 18.8. The maximum Gasteiger partial charge on any atom is 0.419 e. The van der Waals surface area contributed by atoms with Gasteiger partial charge in [0.2, 0.25) is 11.9 Å². The highest BCUT2D eigenvalue weighted by atomic mass is 19.4. The number of carbonyl (C=O) groups excluding carboxylic acids is 2. The van der Waals surface area contributed by atoms with Crippen molar-refractivity contribution in [2.24, 2.45) is 11.7 Å². The van der Waals surface area contributed by atoms with E-state index in [9.17, 15) is 22.8 Å². The molecule has 0 aliphatic carbocycles. The summed E-state index contributed by atoms with van der Waals surface area (Å²) >= 11 is 0. The molecule has 1 aromatic carbocycles. The van der Waals surface area contributed by atoms with Crippen LogP contribution in [0.1, 0.15) is 22.3 Å². The van der Waals surface area contributed by atoms with Crippen LogP contribution in [0.5, 0.6) is 0 Å². The average Bonchev–Trinajstić information content (AvgIpc) is 3.50. The van der Waals surface area contributed by atoms with E-state index >= 15 is 0 Å². The van der Waals surface area contributed by atoms with Crippen molar-refractivity contribution in [3.05, 3.63) is 54.0 Å². The first-order chi connectivity index (χ1) is 17.2. The standard InChI is InChI=1S/C24H26F3N7O2/c25-24(26,27)19-12-29-22(30-13-19)31-7-9-32(10-8-31)23(36)34-5-3-16(15-34)14-33-6-4-17-1-2-18(21(28)35)11-20(17)33/h1-2,4,6,11-13,16H,3,5,7-10,14-15H2,(H2,28,35). The van der Waals surface area contributed by atoms with Crippen molar-refractivity contribution >= 4 is 28.8 Å². The minimum atomic E-state index is -4.47. The van der Waals surface area contributed by atoms with Gasteiger partial charge in [0.05, 0.1) is 5.56 Å². The lowest BCUT2D eigenvalue weighted by atomic mass is 10.1. The summed E-state index contributed by atoms with van der Waals surface area (Å²) in [5.41, 5.74) is 5.95. The second-order valence-electron chi connectivity index (χ2n) is 9.23. The van der Waals surface area contributed by atoms with Crippen LogP contribution >= 0.6 is 0 Å². The van der Waals surface area contributed by atoms with Gasteiger partial charge in [-0.3, -0.25) is 4.79 Å². The number of likely N-dealkylation sites (tertiary alicyclic amines) is 1. The molecule has 12 heteroatoms. The second-order valence-corrected chi connectivity index (χ2v) is 9.23. The number of anilines is 1. The molecule has 1 unspecified atom stereocenters. The molecule has 2 aromatic heterocycles. The van der Waals surface area contributed by atoms with Crippen molar-refractivity contribution in [2.75, 3.05) is 44.2 Å². The number of alkyl halides is 3. The van der Waals surface area contributed by atoms with Crippen LogP contribution in [0.2, 0.25) is 0 Å². The average molecular weight is 502 g/mol. The number of halogens is 3. The Bertz CT molecular complexity index is 1270. The fourth-order valence-corrected chi connectivity index (χ4v) is 4.86. The first kappa shape index (κ1) is 23.9. The van der Waals surface area contributed by atoms with E-state index in [0.29, 0.717) is 44.8 Å². The maximum absolute atomic E-state index is 13.1. The lowest BCUT2D eigenvalue weighted by Crippen LogP contribution is -2.52. The van der Waals surface area contributed by atoms with Gasteiger partial charge >= 0.3 is 12.2 Å². The Morgan fingerprint density at radius 1 is 1.00 bits per heavy atom.